The Kier molecular flexibility index (Phi) is 4.72. The molecular formula is C19H23N7O. The minimum absolute atomic E-state index is 0.115. The smallest absolute Gasteiger partial charge is 0.258 e. The molecule has 0 radical (unpaired) electrons. The third-order valence-corrected chi connectivity index (χ3v) is 5.17. The Bertz CT molecular complexity index is 934. The lowest BCUT2D eigenvalue weighted by atomic mass is 10.1. The summed E-state index contributed by atoms with van der Waals surface area (Å²) in [5.74, 6) is 0.750. The van der Waals surface area contributed by atoms with Gasteiger partial charge in [-0.3, -0.25) is 14.9 Å². The highest BCUT2D eigenvalue weighted by Gasteiger charge is 2.20. The molecule has 2 N–H and O–H groups in total. The van der Waals surface area contributed by atoms with Gasteiger partial charge in [0.05, 0.1) is 29.1 Å². The van der Waals surface area contributed by atoms with E-state index in [2.05, 4.69) is 32.4 Å². The van der Waals surface area contributed by atoms with Gasteiger partial charge >= 0.3 is 0 Å². The van der Waals surface area contributed by atoms with Crippen LogP contribution in [-0.2, 0) is 0 Å². The number of aromatic nitrogens is 4. The van der Waals surface area contributed by atoms with E-state index in [0.717, 1.165) is 37.3 Å². The molecule has 0 spiro atoms. The number of benzene rings is 1. The fourth-order valence-corrected chi connectivity index (χ4v) is 3.42. The summed E-state index contributed by atoms with van der Waals surface area (Å²) in [5, 5.41) is 9.98. The summed E-state index contributed by atoms with van der Waals surface area (Å²) in [5.41, 5.74) is 2.78. The molecule has 0 bridgehead atoms. The Morgan fingerprint density at radius 3 is 2.70 bits per heavy atom. The SMILES string of the molecule is CN(C(=O)c1ccc2nc(N(C)C3CCNCC3)cnc2c1)c1cn[nH]c1. The maximum absolute atomic E-state index is 12.7. The first-order chi connectivity index (χ1) is 13.1. The molecule has 3 aromatic rings. The van der Waals surface area contributed by atoms with Crippen LogP contribution in [-0.4, -0.2) is 59.3 Å². The summed E-state index contributed by atoms with van der Waals surface area (Å²) >= 11 is 0. The van der Waals surface area contributed by atoms with Crippen molar-refractivity contribution in [3.63, 3.8) is 0 Å². The van der Waals surface area contributed by atoms with E-state index >= 15 is 0 Å². The lowest BCUT2D eigenvalue weighted by Gasteiger charge is -2.32. The maximum Gasteiger partial charge on any atom is 0.258 e. The van der Waals surface area contributed by atoms with Gasteiger partial charge in [-0.2, -0.15) is 5.10 Å². The first-order valence-electron chi connectivity index (χ1n) is 9.10. The maximum atomic E-state index is 12.7. The van der Waals surface area contributed by atoms with E-state index in [-0.39, 0.29) is 5.91 Å². The fourth-order valence-electron chi connectivity index (χ4n) is 3.42. The number of carbonyl (C=O) groups excluding carboxylic acids is 1. The van der Waals surface area contributed by atoms with E-state index in [1.165, 1.54) is 0 Å². The number of hydrogen-bond donors (Lipinski definition) is 2. The molecule has 4 rings (SSSR count). The topological polar surface area (TPSA) is 90.0 Å². The molecule has 0 atom stereocenters. The molecule has 0 unspecified atom stereocenters. The Morgan fingerprint density at radius 1 is 1.15 bits per heavy atom. The lowest BCUT2D eigenvalue weighted by Crippen LogP contribution is -2.41. The van der Waals surface area contributed by atoms with E-state index in [4.69, 9.17) is 4.98 Å². The van der Waals surface area contributed by atoms with Gasteiger partial charge in [0.2, 0.25) is 0 Å². The molecule has 0 aliphatic carbocycles. The molecule has 1 aliphatic rings. The zero-order valence-corrected chi connectivity index (χ0v) is 15.5. The molecule has 2 aromatic heterocycles. The van der Waals surface area contributed by atoms with E-state index in [9.17, 15) is 4.79 Å². The average Bonchev–Trinajstić information content (AvgIpc) is 3.27. The number of anilines is 2. The van der Waals surface area contributed by atoms with Crippen LogP contribution in [0.3, 0.4) is 0 Å². The number of aromatic amines is 1. The van der Waals surface area contributed by atoms with E-state index in [0.29, 0.717) is 22.8 Å². The minimum atomic E-state index is -0.115. The van der Waals surface area contributed by atoms with Crippen molar-refractivity contribution in [1.29, 1.82) is 0 Å². The molecule has 8 heteroatoms. The van der Waals surface area contributed by atoms with Crippen molar-refractivity contribution >= 4 is 28.4 Å². The summed E-state index contributed by atoms with van der Waals surface area (Å²) < 4.78 is 0. The summed E-state index contributed by atoms with van der Waals surface area (Å²) in [6.45, 7) is 2.07. The molecule has 27 heavy (non-hydrogen) atoms. The Labute approximate surface area is 157 Å². The van der Waals surface area contributed by atoms with Gasteiger partial charge in [0.1, 0.15) is 5.82 Å². The minimum Gasteiger partial charge on any atom is -0.355 e. The van der Waals surface area contributed by atoms with Crippen molar-refractivity contribution in [2.24, 2.45) is 0 Å². The molecule has 1 aromatic carbocycles. The van der Waals surface area contributed by atoms with Crippen LogP contribution in [0.2, 0.25) is 0 Å². The summed E-state index contributed by atoms with van der Waals surface area (Å²) in [6.07, 6.45) is 7.29. The Balaban J connectivity index is 1.57. The normalized spacial score (nSPS) is 15.0. The Morgan fingerprint density at radius 2 is 1.96 bits per heavy atom. The van der Waals surface area contributed by atoms with E-state index in [1.807, 2.05) is 6.07 Å². The standard InChI is InChI=1S/C19H23N7O/c1-25(14-5-7-20-8-6-14)18-12-21-17-9-13(3-4-16(17)24-18)19(27)26(2)15-10-22-23-11-15/h3-4,9-12,14,20H,5-8H2,1-2H3,(H,22,23). The number of amides is 1. The highest BCUT2D eigenvalue weighted by molar-refractivity contribution is 6.07. The van der Waals surface area contributed by atoms with Crippen LogP contribution in [0.25, 0.3) is 11.0 Å². The van der Waals surface area contributed by atoms with Crippen LogP contribution >= 0.6 is 0 Å². The number of carbonyl (C=O) groups is 1. The van der Waals surface area contributed by atoms with Crippen LogP contribution < -0.4 is 15.1 Å². The molecular weight excluding hydrogens is 342 g/mol. The molecule has 1 fully saturated rings. The van der Waals surface area contributed by atoms with Crippen molar-refractivity contribution in [3.8, 4) is 0 Å². The van der Waals surface area contributed by atoms with Crippen molar-refractivity contribution in [2.45, 2.75) is 18.9 Å². The quantitative estimate of drug-likeness (QED) is 0.733. The number of hydrogen-bond acceptors (Lipinski definition) is 6. The molecule has 0 saturated carbocycles. The first-order valence-corrected chi connectivity index (χ1v) is 9.10. The van der Waals surface area contributed by atoms with Gasteiger partial charge in [0.25, 0.3) is 5.91 Å². The van der Waals surface area contributed by atoms with Gasteiger partial charge in [-0.25, -0.2) is 4.98 Å². The second-order valence-corrected chi connectivity index (χ2v) is 6.84. The van der Waals surface area contributed by atoms with Crippen molar-refractivity contribution < 1.29 is 4.79 Å². The van der Waals surface area contributed by atoms with Crippen LogP contribution in [0.15, 0.2) is 36.8 Å². The van der Waals surface area contributed by atoms with E-state index in [1.54, 1.807) is 42.7 Å². The predicted molar refractivity (Wildman–Crippen MR) is 105 cm³/mol. The van der Waals surface area contributed by atoms with Gasteiger partial charge in [-0.05, 0) is 44.1 Å². The van der Waals surface area contributed by atoms with Gasteiger partial charge in [0, 0.05) is 31.9 Å². The third kappa shape index (κ3) is 3.48. The first kappa shape index (κ1) is 17.4. The molecule has 3 heterocycles. The lowest BCUT2D eigenvalue weighted by molar-refractivity contribution is 0.0993. The molecule has 1 amide bonds. The van der Waals surface area contributed by atoms with Crippen molar-refractivity contribution in [3.05, 3.63) is 42.4 Å². The number of nitrogens with zero attached hydrogens (tertiary/aromatic N) is 5. The molecule has 8 nitrogen and oxygen atoms in total. The number of nitrogens with one attached hydrogen (secondary N) is 2. The van der Waals surface area contributed by atoms with Crippen molar-refractivity contribution in [1.82, 2.24) is 25.5 Å². The van der Waals surface area contributed by atoms with Gasteiger partial charge in [-0.15, -0.1) is 0 Å². The zero-order chi connectivity index (χ0) is 18.8. The van der Waals surface area contributed by atoms with Gasteiger partial charge in [0.15, 0.2) is 0 Å². The predicted octanol–water partition coefficient (Wildman–Crippen LogP) is 1.82. The summed E-state index contributed by atoms with van der Waals surface area (Å²) in [6, 6.07) is 5.92. The second kappa shape index (κ2) is 7.32. The Hall–Kier alpha value is -3.00. The summed E-state index contributed by atoms with van der Waals surface area (Å²) in [4.78, 5) is 25.8. The van der Waals surface area contributed by atoms with Gasteiger partial charge < -0.3 is 15.1 Å². The van der Waals surface area contributed by atoms with Crippen LogP contribution in [0, 0.1) is 0 Å². The largest absolute Gasteiger partial charge is 0.355 e. The van der Waals surface area contributed by atoms with Crippen LogP contribution in [0.4, 0.5) is 11.5 Å². The molecule has 140 valence electrons. The monoisotopic (exact) mass is 365 g/mol. The number of H-pyrrole nitrogens is 1. The highest BCUT2D eigenvalue weighted by Crippen LogP contribution is 2.21. The van der Waals surface area contributed by atoms with Crippen LogP contribution in [0.1, 0.15) is 23.2 Å². The highest BCUT2D eigenvalue weighted by atomic mass is 16.2. The van der Waals surface area contributed by atoms with Crippen molar-refractivity contribution in [2.75, 3.05) is 37.0 Å². The number of piperidine rings is 1. The number of fused-ring (bicyclic) bond motifs is 1. The fraction of sp³-hybridized carbons (Fsp3) is 0.368. The zero-order valence-electron chi connectivity index (χ0n) is 15.5. The average molecular weight is 365 g/mol. The summed E-state index contributed by atoms with van der Waals surface area (Å²) in [7, 11) is 3.80. The van der Waals surface area contributed by atoms with E-state index < -0.39 is 0 Å². The molecule has 1 saturated heterocycles. The molecule has 1 aliphatic heterocycles. The third-order valence-electron chi connectivity index (χ3n) is 5.17. The number of rotatable bonds is 4. The van der Waals surface area contributed by atoms with Gasteiger partial charge in [-0.1, -0.05) is 0 Å². The van der Waals surface area contributed by atoms with Crippen LogP contribution in [0.5, 0.6) is 0 Å². The second-order valence-electron chi connectivity index (χ2n) is 6.84.